The molecule has 0 spiro atoms. The van der Waals surface area contributed by atoms with E-state index in [0.717, 1.165) is 5.56 Å². The van der Waals surface area contributed by atoms with Crippen molar-refractivity contribution < 1.29 is 13.9 Å². The van der Waals surface area contributed by atoms with Crippen LogP contribution in [0.4, 0.5) is 10.1 Å². The molecule has 0 radical (unpaired) electrons. The van der Waals surface area contributed by atoms with Gasteiger partial charge in [-0.3, -0.25) is 9.79 Å². The van der Waals surface area contributed by atoms with E-state index in [9.17, 15) is 9.18 Å². The Morgan fingerprint density at radius 2 is 1.83 bits per heavy atom. The van der Waals surface area contributed by atoms with Gasteiger partial charge in [0.05, 0.1) is 5.69 Å². The van der Waals surface area contributed by atoms with Gasteiger partial charge in [-0.05, 0) is 67.9 Å². The fraction of sp³-hybridized carbons (Fsp3) is 0.222. The van der Waals surface area contributed by atoms with Crippen molar-refractivity contribution in [2.24, 2.45) is 4.99 Å². The lowest BCUT2D eigenvalue weighted by molar-refractivity contribution is -0.123. The Kier molecular flexibility index (Phi) is 5.86. The first kappa shape index (κ1) is 16.7. The molecule has 2 aromatic rings. The zero-order valence-corrected chi connectivity index (χ0v) is 13.1. The molecule has 0 aliphatic rings. The van der Waals surface area contributed by atoms with Crippen LogP contribution >= 0.6 is 0 Å². The average Bonchev–Trinajstić information content (AvgIpc) is 2.53. The number of carbonyl (C=O) groups excluding carboxylic acids is 1. The van der Waals surface area contributed by atoms with Gasteiger partial charge in [0.15, 0.2) is 6.61 Å². The van der Waals surface area contributed by atoms with Gasteiger partial charge in [-0.25, -0.2) is 4.39 Å². The van der Waals surface area contributed by atoms with Crippen LogP contribution in [-0.2, 0) is 4.79 Å². The van der Waals surface area contributed by atoms with E-state index in [-0.39, 0.29) is 24.4 Å². The van der Waals surface area contributed by atoms with Crippen molar-refractivity contribution in [2.45, 2.75) is 19.9 Å². The molecular formula is C18H19FN2O2. The molecule has 120 valence electrons. The van der Waals surface area contributed by atoms with E-state index >= 15 is 0 Å². The molecule has 0 bridgehead atoms. The topological polar surface area (TPSA) is 50.7 Å². The van der Waals surface area contributed by atoms with Crippen molar-refractivity contribution in [3.8, 4) is 5.75 Å². The van der Waals surface area contributed by atoms with Gasteiger partial charge in [0.25, 0.3) is 5.91 Å². The molecule has 1 N–H and O–H groups in total. The minimum Gasteiger partial charge on any atom is -0.484 e. The fourth-order valence-electron chi connectivity index (χ4n) is 1.84. The van der Waals surface area contributed by atoms with E-state index in [4.69, 9.17) is 4.74 Å². The highest BCUT2D eigenvalue weighted by molar-refractivity contribution is 5.82. The third kappa shape index (κ3) is 5.90. The predicted octanol–water partition coefficient (Wildman–Crippen LogP) is 3.48. The van der Waals surface area contributed by atoms with Crippen LogP contribution in [0.25, 0.3) is 0 Å². The molecule has 0 aliphatic heterocycles. The van der Waals surface area contributed by atoms with E-state index in [1.54, 1.807) is 30.5 Å². The predicted molar refractivity (Wildman–Crippen MR) is 88.9 cm³/mol. The molecule has 2 aromatic carbocycles. The van der Waals surface area contributed by atoms with Crippen molar-refractivity contribution in [1.29, 1.82) is 0 Å². The van der Waals surface area contributed by atoms with Crippen molar-refractivity contribution in [2.75, 3.05) is 6.61 Å². The summed E-state index contributed by atoms with van der Waals surface area (Å²) in [4.78, 5) is 15.8. The van der Waals surface area contributed by atoms with E-state index in [1.807, 2.05) is 26.0 Å². The van der Waals surface area contributed by atoms with Crippen LogP contribution in [0.2, 0.25) is 0 Å². The van der Waals surface area contributed by atoms with Gasteiger partial charge in [-0.15, -0.1) is 0 Å². The Morgan fingerprint density at radius 3 is 2.43 bits per heavy atom. The summed E-state index contributed by atoms with van der Waals surface area (Å²) < 4.78 is 18.2. The number of carbonyl (C=O) groups is 1. The van der Waals surface area contributed by atoms with Crippen molar-refractivity contribution in [1.82, 2.24) is 5.32 Å². The number of aliphatic imine (C=N–C) groups is 1. The van der Waals surface area contributed by atoms with Gasteiger partial charge < -0.3 is 10.1 Å². The van der Waals surface area contributed by atoms with Gasteiger partial charge in [-0.2, -0.15) is 0 Å². The number of hydrogen-bond donors (Lipinski definition) is 1. The molecule has 5 heteroatoms. The summed E-state index contributed by atoms with van der Waals surface area (Å²) in [6, 6.07) is 13.3. The van der Waals surface area contributed by atoms with Gasteiger partial charge in [0, 0.05) is 12.3 Å². The highest BCUT2D eigenvalue weighted by atomic mass is 19.1. The fourth-order valence-corrected chi connectivity index (χ4v) is 1.84. The minimum absolute atomic E-state index is 0.0127. The van der Waals surface area contributed by atoms with E-state index < -0.39 is 0 Å². The summed E-state index contributed by atoms with van der Waals surface area (Å²) in [5, 5.41) is 2.75. The van der Waals surface area contributed by atoms with Gasteiger partial charge >= 0.3 is 0 Å². The summed E-state index contributed by atoms with van der Waals surface area (Å²) >= 11 is 0. The molecule has 0 atom stereocenters. The van der Waals surface area contributed by atoms with Crippen molar-refractivity contribution >= 4 is 17.8 Å². The van der Waals surface area contributed by atoms with E-state index in [1.165, 1.54) is 12.1 Å². The molecule has 0 aromatic heterocycles. The van der Waals surface area contributed by atoms with Crippen molar-refractivity contribution in [3.05, 3.63) is 59.9 Å². The first-order chi connectivity index (χ1) is 11.0. The second kappa shape index (κ2) is 8.08. The zero-order valence-electron chi connectivity index (χ0n) is 13.1. The average molecular weight is 314 g/mol. The van der Waals surface area contributed by atoms with Crippen LogP contribution in [0, 0.1) is 5.82 Å². The number of halogens is 1. The van der Waals surface area contributed by atoms with Crippen LogP contribution in [0.1, 0.15) is 19.4 Å². The summed E-state index contributed by atoms with van der Waals surface area (Å²) in [6.07, 6.45) is 1.68. The largest absolute Gasteiger partial charge is 0.484 e. The Balaban J connectivity index is 1.89. The lowest BCUT2D eigenvalue weighted by atomic mass is 10.2. The number of nitrogens with one attached hydrogen (secondary N) is 1. The number of rotatable bonds is 6. The number of benzene rings is 2. The van der Waals surface area contributed by atoms with Gasteiger partial charge in [0.2, 0.25) is 0 Å². The van der Waals surface area contributed by atoms with Crippen molar-refractivity contribution in [3.63, 3.8) is 0 Å². The van der Waals surface area contributed by atoms with Crippen LogP contribution in [0.5, 0.6) is 5.75 Å². The third-order valence-corrected chi connectivity index (χ3v) is 2.89. The lowest BCUT2D eigenvalue weighted by Crippen LogP contribution is -2.34. The molecular weight excluding hydrogens is 295 g/mol. The number of hydrogen-bond acceptors (Lipinski definition) is 3. The van der Waals surface area contributed by atoms with Gasteiger partial charge in [0.1, 0.15) is 11.6 Å². The zero-order chi connectivity index (χ0) is 16.7. The molecule has 1 amide bonds. The van der Waals surface area contributed by atoms with Crippen LogP contribution < -0.4 is 10.1 Å². The normalized spacial score (nSPS) is 11.0. The maximum Gasteiger partial charge on any atom is 0.258 e. The van der Waals surface area contributed by atoms with Crippen LogP contribution in [0.15, 0.2) is 53.5 Å². The molecule has 0 fully saturated rings. The molecule has 2 rings (SSSR count). The molecule has 0 aliphatic carbocycles. The molecule has 4 nitrogen and oxygen atoms in total. The van der Waals surface area contributed by atoms with E-state index in [2.05, 4.69) is 10.3 Å². The Morgan fingerprint density at radius 1 is 1.17 bits per heavy atom. The first-order valence-electron chi connectivity index (χ1n) is 7.35. The van der Waals surface area contributed by atoms with Crippen LogP contribution in [0.3, 0.4) is 0 Å². The Hall–Kier alpha value is -2.69. The number of ether oxygens (including phenoxy) is 1. The maximum atomic E-state index is 12.8. The van der Waals surface area contributed by atoms with Crippen LogP contribution in [-0.4, -0.2) is 24.8 Å². The Labute approximate surface area is 135 Å². The second-order valence-electron chi connectivity index (χ2n) is 5.31. The quantitative estimate of drug-likeness (QED) is 0.830. The first-order valence-corrected chi connectivity index (χ1v) is 7.35. The number of nitrogens with zero attached hydrogens (tertiary/aromatic N) is 1. The second-order valence-corrected chi connectivity index (χ2v) is 5.31. The monoisotopic (exact) mass is 314 g/mol. The molecule has 0 saturated carbocycles. The summed E-state index contributed by atoms with van der Waals surface area (Å²) in [5.74, 6) is 0.178. The molecule has 0 saturated heterocycles. The third-order valence-electron chi connectivity index (χ3n) is 2.89. The smallest absolute Gasteiger partial charge is 0.258 e. The summed E-state index contributed by atoms with van der Waals surface area (Å²) in [5.41, 5.74) is 1.56. The minimum atomic E-state index is -0.285. The highest BCUT2D eigenvalue weighted by Gasteiger charge is 2.04. The molecule has 23 heavy (non-hydrogen) atoms. The lowest BCUT2D eigenvalue weighted by Gasteiger charge is -2.09. The molecule has 0 heterocycles. The SMILES string of the molecule is CC(C)NC(=O)COc1ccc(C=Nc2ccc(F)cc2)cc1. The summed E-state index contributed by atoms with van der Waals surface area (Å²) in [7, 11) is 0. The van der Waals surface area contributed by atoms with Gasteiger partial charge in [-0.1, -0.05) is 0 Å². The number of amides is 1. The molecule has 0 unspecified atom stereocenters. The van der Waals surface area contributed by atoms with E-state index in [0.29, 0.717) is 11.4 Å². The summed E-state index contributed by atoms with van der Waals surface area (Å²) in [6.45, 7) is 3.78. The maximum absolute atomic E-state index is 12.8. The Bertz CT molecular complexity index is 664. The standard InChI is InChI=1S/C18H19FN2O2/c1-13(2)21-18(22)12-23-17-9-3-14(4-10-17)11-20-16-7-5-15(19)6-8-16/h3-11,13H,12H2,1-2H3,(H,21,22). The highest BCUT2D eigenvalue weighted by Crippen LogP contribution is 2.14.